The summed E-state index contributed by atoms with van der Waals surface area (Å²) in [4.78, 5) is 25.7. The summed E-state index contributed by atoms with van der Waals surface area (Å²) in [5.41, 5.74) is 3.21. The Balaban J connectivity index is 1.66. The van der Waals surface area contributed by atoms with E-state index in [1.165, 1.54) is 11.8 Å². The van der Waals surface area contributed by atoms with Crippen molar-refractivity contribution in [3.8, 4) is 0 Å². The van der Waals surface area contributed by atoms with Crippen LogP contribution in [0, 0.1) is 0 Å². The van der Waals surface area contributed by atoms with Crippen LogP contribution in [0.3, 0.4) is 0 Å². The summed E-state index contributed by atoms with van der Waals surface area (Å²) in [5, 5.41) is 11.7. The second-order valence-electron chi connectivity index (χ2n) is 9.69. The highest BCUT2D eigenvalue weighted by Crippen LogP contribution is 2.30. The number of carbonyl (C=O) groups is 1. The Morgan fingerprint density at radius 1 is 1.08 bits per heavy atom. The molecule has 0 unspecified atom stereocenters. The van der Waals surface area contributed by atoms with Crippen LogP contribution in [0.4, 0.5) is 36.4 Å². The fourth-order valence-electron chi connectivity index (χ4n) is 3.83. The lowest BCUT2D eigenvalue weighted by molar-refractivity contribution is -0.123. The minimum Gasteiger partial charge on any atom is -0.343 e. The normalized spacial score (nSPS) is 13.6. The number of alkyl halides is 3. The van der Waals surface area contributed by atoms with Gasteiger partial charge < -0.3 is 21.3 Å². The second-order valence-corrected chi connectivity index (χ2v) is 10.1. The first-order valence-electron chi connectivity index (χ1n) is 11.6. The van der Waals surface area contributed by atoms with Crippen LogP contribution in [0.1, 0.15) is 48.0 Å². The molecule has 1 aromatic carbocycles. The molecule has 196 valence electrons. The predicted molar refractivity (Wildman–Crippen MR) is 137 cm³/mol. The van der Waals surface area contributed by atoms with Crippen molar-refractivity contribution in [2.75, 3.05) is 23.7 Å². The maximum Gasteiger partial charge on any atom is 0.405 e. The molecule has 0 saturated heterocycles. The lowest BCUT2D eigenvalue weighted by Crippen LogP contribution is -2.34. The number of benzene rings is 1. The third kappa shape index (κ3) is 6.86. The van der Waals surface area contributed by atoms with Gasteiger partial charge in [-0.1, -0.05) is 38.4 Å². The number of amides is 1. The zero-order valence-electron chi connectivity index (χ0n) is 20.6. The molecule has 4 N–H and O–H groups in total. The number of hydrogen-bond acceptors (Lipinski definition) is 7. The zero-order chi connectivity index (χ0) is 26.8. The summed E-state index contributed by atoms with van der Waals surface area (Å²) in [5.74, 6) is -0.505. The first kappa shape index (κ1) is 26.6. The third-order valence-electron chi connectivity index (χ3n) is 5.63. The SMILES string of the molecule is CC(C)(C)c1nc(Nc2nc(Nc3ccc4c(c3)CNCC4)ncc2C(=O)NCC(F)(F)F)ccc1Cl. The van der Waals surface area contributed by atoms with Gasteiger partial charge in [0, 0.05) is 23.8 Å². The molecule has 8 nitrogen and oxygen atoms in total. The van der Waals surface area contributed by atoms with E-state index in [9.17, 15) is 18.0 Å². The Kier molecular flexibility index (Phi) is 7.56. The zero-order valence-corrected chi connectivity index (χ0v) is 21.3. The number of pyridine rings is 1. The molecule has 2 aromatic heterocycles. The monoisotopic (exact) mass is 533 g/mol. The molecule has 3 aromatic rings. The number of nitrogens with zero attached hydrogens (tertiary/aromatic N) is 3. The topological polar surface area (TPSA) is 104 Å². The van der Waals surface area contributed by atoms with Crippen LogP contribution in [-0.4, -0.2) is 40.1 Å². The first-order valence-corrected chi connectivity index (χ1v) is 12.0. The number of rotatable bonds is 6. The smallest absolute Gasteiger partial charge is 0.343 e. The van der Waals surface area contributed by atoms with E-state index in [-0.39, 0.29) is 22.7 Å². The van der Waals surface area contributed by atoms with E-state index in [2.05, 4.69) is 30.9 Å². The predicted octanol–water partition coefficient (Wildman–Crippen LogP) is 5.25. The Morgan fingerprint density at radius 3 is 2.59 bits per heavy atom. The summed E-state index contributed by atoms with van der Waals surface area (Å²) in [7, 11) is 0. The van der Waals surface area contributed by atoms with Crippen LogP contribution in [0.15, 0.2) is 36.5 Å². The van der Waals surface area contributed by atoms with E-state index in [0.29, 0.717) is 16.5 Å². The molecule has 0 aliphatic carbocycles. The van der Waals surface area contributed by atoms with E-state index in [0.717, 1.165) is 30.8 Å². The van der Waals surface area contributed by atoms with Crippen molar-refractivity contribution in [1.29, 1.82) is 0 Å². The Bertz CT molecular complexity index is 1310. The van der Waals surface area contributed by atoms with Gasteiger partial charge >= 0.3 is 6.18 Å². The first-order chi connectivity index (χ1) is 17.4. The van der Waals surface area contributed by atoms with Crippen LogP contribution in [0.2, 0.25) is 5.02 Å². The Hall–Kier alpha value is -3.44. The molecule has 0 atom stereocenters. The second kappa shape index (κ2) is 10.5. The quantitative estimate of drug-likeness (QED) is 0.343. The van der Waals surface area contributed by atoms with Gasteiger partial charge in [-0.3, -0.25) is 4.79 Å². The number of anilines is 4. The number of hydrogen-bond donors (Lipinski definition) is 4. The standard InChI is InChI=1S/C25H27ClF3N7O/c1-24(2,3)20-18(26)6-7-19(34-20)35-21-17(22(37)32-13-25(27,28)29)12-31-23(36-21)33-16-5-4-14-8-9-30-11-15(14)10-16/h4-7,10,12,30H,8-9,11,13H2,1-3H3,(H,32,37)(H2,31,33,34,35,36). The van der Waals surface area contributed by atoms with Gasteiger partial charge in [-0.25, -0.2) is 9.97 Å². The molecule has 4 rings (SSSR count). The average Bonchev–Trinajstić information content (AvgIpc) is 2.83. The fraction of sp³-hybridized carbons (Fsp3) is 0.360. The minimum atomic E-state index is -4.56. The maximum atomic E-state index is 12.7. The number of aromatic nitrogens is 3. The molecule has 0 radical (unpaired) electrons. The van der Waals surface area contributed by atoms with Crippen LogP contribution >= 0.6 is 11.6 Å². The number of carbonyl (C=O) groups excluding carboxylic acids is 1. The van der Waals surface area contributed by atoms with Crippen molar-refractivity contribution in [3.05, 3.63) is 63.9 Å². The number of nitrogens with one attached hydrogen (secondary N) is 4. The largest absolute Gasteiger partial charge is 0.405 e. The Morgan fingerprint density at radius 2 is 1.86 bits per heavy atom. The summed E-state index contributed by atoms with van der Waals surface area (Å²) in [6, 6.07) is 9.17. The van der Waals surface area contributed by atoms with Crippen LogP contribution in [0.25, 0.3) is 0 Å². The Labute approximate surface area is 217 Å². The molecule has 0 fully saturated rings. The van der Waals surface area contributed by atoms with Crippen LogP contribution < -0.4 is 21.3 Å². The van der Waals surface area contributed by atoms with Gasteiger partial charge in [0.25, 0.3) is 5.91 Å². The van der Waals surface area contributed by atoms with Gasteiger partial charge in [-0.2, -0.15) is 18.2 Å². The highest BCUT2D eigenvalue weighted by atomic mass is 35.5. The van der Waals surface area contributed by atoms with E-state index < -0.39 is 18.6 Å². The molecule has 37 heavy (non-hydrogen) atoms. The molecule has 1 aliphatic rings. The van der Waals surface area contributed by atoms with Gasteiger partial charge in [0.1, 0.15) is 23.7 Å². The van der Waals surface area contributed by atoms with E-state index in [1.807, 2.05) is 44.3 Å². The van der Waals surface area contributed by atoms with Crippen molar-refractivity contribution in [1.82, 2.24) is 25.6 Å². The lowest BCUT2D eigenvalue weighted by atomic mass is 9.91. The van der Waals surface area contributed by atoms with Gasteiger partial charge in [0.2, 0.25) is 5.95 Å². The molecule has 0 spiro atoms. The number of fused-ring (bicyclic) bond motifs is 1. The molecule has 1 aliphatic heterocycles. The molecule has 0 saturated carbocycles. The van der Waals surface area contributed by atoms with Crippen molar-refractivity contribution in [3.63, 3.8) is 0 Å². The fourth-order valence-corrected chi connectivity index (χ4v) is 4.21. The molecule has 3 heterocycles. The van der Waals surface area contributed by atoms with Crippen molar-refractivity contribution >= 4 is 40.8 Å². The van der Waals surface area contributed by atoms with Crippen molar-refractivity contribution < 1.29 is 18.0 Å². The number of halogens is 4. The summed E-state index contributed by atoms with van der Waals surface area (Å²) in [6.45, 7) is 6.02. The highest BCUT2D eigenvalue weighted by Gasteiger charge is 2.29. The molecular formula is C25H27ClF3N7O. The summed E-state index contributed by atoms with van der Waals surface area (Å²) >= 11 is 6.31. The summed E-state index contributed by atoms with van der Waals surface area (Å²) in [6.07, 6.45) is -2.46. The molecule has 1 amide bonds. The maximum absolute atomic E-state index is 12.7. The molecular weight excluding hydrogens is 507 g/mol. The lowest BCUT2D eigenvalue weighted by Gasteiger charge is -2.20. The highest BCUT2D eigenvalue weighted by molar-refractivity contribution is 6.31. The van der Waals surface area contributed by atoms with Gasteiger partial charge in [0.05, 0.1) is 10.7 Å². The van der Waals surface area contributed by atoms with Gasteiger partial charge in [-0.05, 0) is 48.4 Å². The van der Waals surface area contributed by atoms with Crippen LogP contribution in [0.5, 0.6) is 0 Å². The van der Waals surface area contributed by atoms with Crippen LogP contribution in [-0.2, 0) is 18.4 Å². The third-order valence-corrected chi connectivity index (χ3v) is 5.94. The van der Waals surface area contributed by atoms with E-state index in [4.69, 9.17) is 11.6 Å². The summed E-state index contributed by atoms with van der Waals surface area (Å²) < 4.78 is 38.1. The average molecular weight is 534 g/mol. The van der Waals surface area contributed by atoms with Gasteiger partial charge in [0.15, 0.2) is 0 Å². The molecule has 0 bridgehead atoms. The van der Waals surface area contributed by atoms with E-state index >= 15 is 0 Å². The van der Waals surface area contributed by atoms with Gasteiger partial charge in [-0.15, -0.1) is 0 Å². The van der Waals surface area contributed by atoms with Crippen molar-refractivity contribution in [2.45, 2.75) is 45.3 Å². The van der Waals surface area contributed by atoms with Crippen molar-refractivity contribution in [2.24, 2.45) is 0 Å². The molecule has 12 heteroatoms. The minimum absolute atomic E-state index is 0.00789. The van der Waals surface area contributed by atoms with E-state index in [1.54, 1.807) is 12.1 Å².